The molecular formula is C22H23NO5. The van der Waals surface area contributed by atoms with Gasteiger partial charge in [-0.1, -0.05) is 13.0 Å². The lowest BCUT2D eigenvalue weighted by atomic mass is 10.0. The number of methoxy groups -OCH3 is 3. The fraction of sp³-hybridized carbons (Fsp3) is 0.273. The summed E-state index contributed by atoms with van der Waals surface area (Å²) in [5, 5.41) is 9.60. The number of hydrogen-bond acceptors (Lipinski definition) is 6. The Morgan fingerprint density at radius 1 is 0.964 bits per heavy atom. The third-order valence-corrected chi connectivity index (χ3v) is 3.99. The van der Waals surface area contributed by atoms with Crippen molar-refractivity contribution in [2.24, 2.45) is 0 Å². The number of nitrogens with zero attached hydrogens (tertiary/aromatic N) is 1. The number of hydrogen-bond donors (Lipinski definition) is 0. The molecule has 0 bridgehead atoms. The fourth-order valence-electron chi connectivity index (χ4n) is 2.59. The van der Waals surface area contributed by atoms with E-state index in [1.54, 1.807) is 56.7 Å². The minimum absolute atomic E-state index is 0.313. The Balaban J connectivity index is 2.36. The molecule has 0 unspecified atom stereocenters. The van der Waals surface area contributed by atoms with E-state index in [1.807, 2.05) is 6.92 Å². The molecule has 0 aromatic heterocycles. The van der Waals surface area contributed by atoms with Gasteiger partial charge in [0.1, 0.15) is 0 Å². The van der Waals surface area contributed by atoms with Crippen LogP contribution in [0.4, 0.5) is 0 Å². The van der Waals surface area contributed by atoms with Gasteiger partial charge in [-0.2, -0.15) is 5.26 Å². The van der Waals surface area contributed by atoms with Gasteiger partial charge in [0.25, 0.3) is 0 Å². The second-order valence-corrected chi connectivity index (χ2v) is 5.87. The predicted molar refractivity (Wildman–Crippen MR) is 107 cm³/mol. The van der Waals surface area contributed by atoms with Crippen molar-refractivity contribution in [2.75, 3.05) is 21.3 Å². The molecule has 0 aliphatic rings. The normalized spacial score (nSPS) is 10.8. The van der Waals surface area contributed by atoms with E-state index in [2.05, 4.69) is 6.07 Å². The highest BCUT2D eigenvalue weighted by Crippen LogP contribution is 2.33. The first-order valence-electron chi connectivity index (χ1n) is 8.79. The molecule has 0 fully saturated rings. The molecule has 0 spiro atoms. The molecule has 0 radical (unpaired) electrons. The third kappa shape index (κ3) is 5.04. The van der Waals surface area contributed by atoms with Crippen LogP contribution in [0.5, 0.6) is 23.0 Å². The molecule has 2 rings (SSSR count). The molecule has 146 valence electrons. The Morgan fingerprint density at radius 3 is 2.21 bits per heavy atom. The molecule has 2 aromatic rings. The number of allylic oxidation sites excluding steroid dienone is 1. The van der Waals surface area contributed by atoms with Gasteiger partial charge >= 0.3 is 5.97 Å². The maximum Gasteiger partial charge on any atom is 0.311 e. The van der Waals surface area contributed by atoms with Gasteiger partial charge in [-0.3, -0.25) is 4.79 Å². The van der Waals surface area contributed by atoms with Crippen molar-refractivity contribution in [3.63, 3.8) is 0 Å². The van der Waals surface area contributed by atoms with E-state index in [0.29, 0.717) is 47.0 Å². The van der Waals surface area contributed by atoms with E-state index in [0.717, 1.165) is 5.56 Å². The zero-order valence-corrected chi connectivity index (χ0v) is 16.4. The lowest BCUT2D eigenvalue weighted by Crippen LogP contribution is -2.07. The topological polar surface area (TPSA) is 77.8 Å². The molecular weight excluding hydrogens is 358 g/mol. The molecule has 6 heteroatoms. The standard InChI is InChI=1S/C22H23NO5/c1-5-6-22(24)28-19-9-7-15(12-20(19)26-3)11-17(14-23)16-8-10-18(25-2)21(13-16)27-4/h7-13H,5-6H2,1-4H3/b17-11-. The third-order valence-electron chi connectivity index (χ3n) is 3.99. The summed E-state index contributed by atoms with van der Waals surface area (Å²) < 4.78 is 21.2. The minimum Gasteiger partial charge on any atom is -0.493 e. The summed E-state index contributed by atoms with van der Waals surface area (Å²) in [5.74, 6) is 1.58. The molecule has 0 saturated carbocycles. The molecule has 0 saturated heterocycles. The maximum atomic E-state index is 11.7. The Morgan fingerprint density at radius 2 is 1.61 bits per heavy atom. The minimum atomic E-state index is -0.313. The van der Waals surface area contributed by atoms with Crippen LogP contribution in [-0.4, -0.2) is 27.3 Å². The number of ether oxygens (including phenoxy) is 4. The fourth-order valence-corrected chi connectivity index (χ4v) is 2.59. The Kier molecular flexibility index (Phi) is 7.46. The smallest absolute Gasteiger partial charge is 0.311 e. The molecule has 0 aliphatic carbocycles. The van der Waals surface area contributed by atoms with E-state index >= 15 is 0 Å². The summed E-state index contributed by atoms with van der Waals surface area (Å²) >= 11 is 0. The predicted octanol–water partition coefficient (Wildman–Crippen LogP) is 4.48. The molecule has 2 aromatic carbocycles. The van der Waals surface area contributed by atoms with E-state index in [-0.39, 0.29) is 5.97 Å². The van der Waals surface area contributed by atoms with Crippen molar-refractivity contribution in [3.05, 3.63) is 47.5 Å². The first-order chi connectivity index (χ1) is 13.6. The van der Waals surface area contributed by atoms with Gasteiger partial charge in [0.05, 0.1) is 33.0 Å². The number of carbonyl (C=O) groups is 1. The highest BCUT2D eigenvalue weighted by Gasteiger charge is 2.12. The lowest BCUT2D eigenvalue weighted by molar-refractivity contribution is -0.134. The van der Waals surface area contributed by atoms with Gasteiger partial charge in [-0.25, -0.2) is 0 Å². The van der Waals surface area contributed by atoms with Crippen molar-refractivity contribution in [1.82, 2.24) is 0 Å². The van der Waals surface area contributed by atoms with Crippen LogP contribution in [0.15, 0.2) is 36.4 Å². The van der Waals surface area contributed by atoms with Gasteiger partial charge in [0.2, 0.25) is 0 Å². The van der Waals surface area contributed by atoms with Crippen LogP contribution in [-0.2, 0) is 4.79 Å². The zero-order valence-electron chi connectivity index (χ0n) is 16.4. The van der Waals surface area contributed by atoms with Crippen LogP contribution in [0.2, 0.25) is 0 Å². The highest BCUT2D eigenvalue weighted by atomic mass is 16.6. The molecule has 28 heavy (non-hydrogen) atoms. The molecule has 6 nitrogen and oxygen atoms in total. The summed E-state index contributed by atoms with van der Waals surface area (Å²) in [6.45, 7) is 1.91. The van der Waals surface area contributed by atoms with Crippen LogP contribution in [0.25, 0.3) is 11.6 Å². The monoisotopic (exact) mass is 381 g/mol. The molecule has 0 aliphatic heterocycles. The van der Waals surface area contributed by atoms with Gasteiger partial charge in [0, 0.05) is 6.42 Å². The van der Waals surface area contributed by atoms with Crippen LogP contribution >= 0.6 is 0 Å². The van der Waals surface area contributed by atoms with E-state index in [9.17, 15) is 10.1 Å². The Hall–Kier alpha value is -3.46. The van der Waals surface area contributed by atoms with Crippen LogP contribution in [0.3, 0.4) is 0 Å². The van der Waals surface area contributed by atoms with Crippen molar-refractivity contribution in [3.8, 4) is 29.1 Å². The SMILES string of the molecule is CCCC(=O)Oc1ccc(/C=C(/C#N)c2ccc(OC)c(OC)c2)cc1OC. The van der Waals surface area contributed by atoms with Gasteiger partial charge < -0.3 is 18.9 Å². The molecule has 0 N–H and O–H groups in total. The highest BCUT2D eigenvalue weighted by molar-refractivity contribution is 5.90. The van der Waals surface area contributed by atoms with Crippen molar-refractivity contribution < 1.29 is 23.7 Å². The largest absolute Gasteiger partial charge is 0.493 e. The summed E-state index contributed by atoms with van der Waals surface area (Å²) in [7, 11) is 4.60. The first-order valence-corrected chi connectivity index (χ1v) is 8.79. The quantitative estimate of drug-likeness (QED) is 0.290. The summed E-state index contributed by atoms with van der Waals surface area (Å²) in [5.41, 5.74) is 1.87. The van der Waals surface area contributed by atoms with E-state index in [4.69, 9.17) is 18.9 Å². The zero-order chi connectivity index (χ0) is 20.5. The van der Waals surface area contributed by atoms with Gasteiger partial charge in [0.15, 0.2) is 23.0 Å². The average Bonchev–Trinajstić information content (AvgIpc) is 2.72. The number of nitriles is 1. The Bertz CT molecular complexity index is 912. The van der Waals surface area contributed by atoms with Crippen LogP contribution < -0.4 is 18.9 Å². The first kappa shape index (κ1) is 20.8. The van der Waals surface area contributed by atoms with Crippen molar-refractivity contribution in [2.45, 2.75) is 19.8 Å². The maximum absolute atomic E-state index is 11.7. The van der Waals surface area contributed by atoms with Crippen LogP contribution in [0.1, 0.15) is 30.9 Å². The van der Waals surface area contributed by atoms with Crippen molar-refractivity contribution >= 4 is 17.6 Å². The lowest BCUT2D eigenvalue weighted by Gasteiger charge is -2.11. The number of carbonyl (C=O) groups excluding carboxylic acids is 1. The van der Waals surface area contributed by atoms with Gasteiger partial charge in [-0.05, 0) is 54.0 Å². The van der Waals surface area contributed by atoms with E-state index < -0.39 is 0 Å². The summed E-state index contributed by atoms with van der Waals surface area (Å²) in [6.07, 6.45) is 2.77. The second kappa shape index (κ2) is 10.0. The average molecular weight is 381 g/mol. The summed E-state index contributed by atoms with van der Waals surface area (Å²) in [6, 6.07) is 12.6. The number of rotatable bonds is 8. The van der Waals surface area contributed by atoms with Crippen LogP contribution in [0, 0.1) is 11.3 Å². The number of benzene rings is 2. The molecule has 0 heterocycles. The molecule has 0 amide bonds. The van der Waals surface area contributed by atoms with E-state index in [1.165, 1.54) is 7.11 Å². The summed E-state index contributed by atoms with van der Waals surface area (Å²) in [4.78, 5) is 11.7. The second-order valence-electron chi connectivity index (χ2n) is 5.87. The van der Waals surface area contributed by atoms with Gasteiger partial charge in [-0.15, -0.1) is 0 Å². The number of esters is 1. The van der Waals surface area contributed by atoms with Crippen molar-refractivity contribution in [1.29, 1.82) is 5.26 Å². The Labute approximate surface area is 164 Å². The molecule has 0 atom stereocenters.